The van der Waals surface area contributed by atoms with Gasteiger partial charge in [-0.15, -0.1) is 0 Å². The summed E-state index contributed by atoms with van der Waals surface area (Å²) >= 11 is 0. The van der Waals surface area contributed by atoms with Crippen LogP contribution in [0.2, 0.25) is 0 Å². The van der Waals surface area contributed by atoms with E-state index in [2.05, 4.69) is 79.9 Å². The van der Waals surface area contributed by atoms with E-state index in [-0.39, 0.29) is 19.1 Å². The molecule has 3 atom stereocenters. The predicted octanol–water partition coefficient (Wildman–Crippen LogP) is 15.9. The third kappa shape index (κ3) is 50.1. The van der Waals surface area contributed by atoms with Crippen LogP contribution in [-0.2, 0) is 18.4 Å². The quantitative estimate of drug-likeness (QED) is 0.0272. The largest absolute Gasteiger partial charge is 0.756 e. The Balaban J connectivity index is 3.60. The Morgan fingerprint density at radius 2 is 0.924 bits per heavy atom. The standard InChI is InChI=1S/C57H107N2O6P/c1-6-8-10-11-12-13-14-15-16-17-18-19-20-21-22-23-24-25-26-27-28-29-30-31-32-33-34-35-36-37-38-39-40-41-42-43-44-45-46-47-49-51-57(61)58-55(56(60)50-48-9-7-2)54-65-66(62,63)64-53-52-59(3,4)5/h8,10,12-13,15-16,18-19,21-22,55-56,60H,6-7,9,11,14,17,20,23-54H2,1-5H3,(H-,58,61,62,63)/b10-8-,13-12-,16-15-,19-18-,22-21-. The highest BCUT2D eigenvalue weighted by atomic mass is 31.2. The van der Waals surface area contributed by atoms with Crippen molar-refractivity contribution in [2.45, 2.75) is 257 Å². The molecule has 0 aromatic carbocycles. The van der Waals surface area contributed by atoms with Crippen LogP contribution in [0.15, 0.2) is 60.8 Å². The maximum absolute atomic E-state index is 12.7. The maximum atomic E-state index is 12.7. The van der Waals surface area contributed by atoms with E-state index in [1.807, 2.05) is 21.1 Å². The molecule has 1 amide bonds. The molecule has 0 bridgehead atoms. The highest BCUT2D eigenvalue weighted by Gasteiger charge is 2.24. The number of nitrogens with one attached hydrogen (secondary N) is 1. The third-order valence-electron chi connectivity index (χ3n) is 12.3. The number of phosphoric ester groups is 1. The van der Waals surface area contributed by atoms with Gasteiger partial charge in [-0.3, -0.25) is 9.36 Å². The zero-order valence-electron chi connectivity index (χ0n) is 43.9. The van der Waals surface area contributed by atoms with Crippen molar-refractivity contribution in [2.75, 3.05) is 40.9 Å². The molecule has 0 rings (SSSR count). The SMILES string of the molecule is CC/C=C\C/C=C\C/C=C\C/C=C\C/C=C\CCCCCCCCCCCCCCCCCCCCCCCCCCCC(=O)NC(COP(=O)([O-])OCC[N+](C)(C)C)C(O)CCCCC. The third-order valence-corrected chi connectivity index (χ3v) is 13.2. The smallest absolute Gasteiger partial charge is 0.268 e. The maximum Gasteiger partial charge on any atom is 0.268 e. The van der Waals surface area contributed by atoms with Crippen molar-refractivity contribution in [1.29, 1.82) is 0 Å². The summed E-state index contributed by atoms with van der Waals surface area (Å²) < 4.78 is 23.0. The average molecular weight is 947 g/mol. The molecule has 0 fully saturated rings. The number of carbonyl (C=O) groups is 1. The lowest BCUT2D eigenvalue weighted by Gasteiger charge is -2.30. The second-order valence-electron chi connectivity index (χ2n) is 19.9. The molecule has 0 aliphatic rings. The summed E-state index contributed by atoms with van der Waals surface area (Å²) in [7, 11) is 1.30. The molecule has 0 aromatic rings. The number of phosphoric acid groups is 1. The van der Waals surface area contributed by atoms with Crippen LogP contribution in [0.1, 0.15) is 245 Å². The molecule has 2 N–H and O–H groups in total. The first kappa shape index (κ1) is 64.2. The van der Waals surface area contributed by atoms with Crippen molar-refractivity contribution in [3.63, 3.8) is 0 Å². The Morgan fingerprint density at radius 3 is 1.32 bits per heavy atom. The van der Waals surface area contributed by atoms with Crippen LogP contribution >= 0.6 is 7.82 Å². The van der Waals surface area contributed by atoms with Crippen LogP contribution in [0.3, 0.4) is 0 Å². The summed E-state index contributed by atoms with van der Waals surface area (Å²) in [4.78, 5) is 25.0. The molecule has 66 heavy (non-hydrogen) atoms. The summed E-state index contributed by atoms with van der Waals surface area (Å²) in [5.74, 6) is -0.174. The van der Waals surface area contributed by atoms with Crippen LogP contribution in [0.25, 0.3) is 0 Å². The number of aliphatic hydroxyl groups excluding tert-OH is 1. The van der Waals surface area contributed by atoms with Gasteiger partial charge in [-0.25, -0.2) is 0 Å². The molecule has 3 unspecified atom stereocenters. The Labute approximate surface area is 409 Å². The van der Waals surface area contributed by atoms with Gasteiger partial charge in [0.1, 0.15) is 13.2 Å². The molecular weight excluding hydrogens is 840 g/mol. The summed E-state index contributed by atoms with van der Waals surface area (Å²) in [6, 6.07) is -0.794. The van der Waals surface area contributed by atoms with E-state index >= 15 is 0 Å². The molecular formula is C57H107N2O6P. The molecule has 0 aliphatic carbocycles. The number of quaternary nitrogens is 1. The summed E-state index contributed by atoms with van der Waals surface area (Å²) in [6.07, 6.45) is 65.3. The minimum Gasteiger partial charge on any atom is -0.756 e. The van der Waals surface area contributed by atoms with Gasteiger partial charge in [-0.05, 0) is 57.8 Å². The molecule has 9 heteroatoms. The monoisotopic (exact) mass is 947 g/mol. The van der Waals surface area contributed by atoms with E-state index in [1.165, 1.54) is 148 Å². The van der Waals surface area contributed by atoms with Gasteiger partial charge in [0.25, 0.3) is 7.82 Å². The molecule has 0 saturated heterocycles. The topological polar surface area (TPSA) is 108 Å². The number of aliphatic hydroxyl groups is 1. The minimum atomic E-state index is -4.54. The van der Waals surface area contributed by atoms with Crippen LogP contribution in [0.5, 0.6) is 0 Å². The lowest BCUT2D eigenvalue weighted by molar-refractivity contribution is -0.870. The number of likely N-dealkylation sites (N-methyl/N-ethyl adjacent to an activating group) is 1. The molecule has 0 heterocycles. The van der Waals surface area contributed by atoms with E-state index in [1.54, 1.807) is 0 Å². The molecule has 0 spiro atoms. The zero-order valence-corrected chi connectivity index (χ0v) is 44.8. The van der Waals surface area contributed by atoms with Crippen molar-refractivity contribution >= 4 is 13.7 Å². The Hall–Kier alpha value is -1.80. The fraction of sp³-hybridized carbons (Fsp3) is 0.807. The average Bonchev–Trinajstić information content (AvgIpc) is 3.27. The van der Waals surface area contributed by atoms with Gasteiger partial charge < -0.3 is 28.8 Å². The molecule has 0 aliphatic heterocycles. The molecule has 386 valence electrons. The number of hydrogen-bond donors (Lipinski definition) is 2. The molecule has 0 saturated carbocycles. The lowest BCUT2D eigenvalue weighted by atomic mass is 10.0. The highest BCUT2D eigenvalue weighted by molar-refractivity contribution is 7.45. The fourth-order valence-electron chi connectivity index (χ4n) is 7.95. The summed E-state index contributed by atoms with van der Waals surface area (Å²) in [6.45, 7) is 4.44. The van der Waals surface area contributed by atoms with Crippen molar-refractivity contribution in [3.8, 4) is 0 Å². The predicted molar refractivity (Wildman–Crippen MR) is 284 cm³/mol. The van der Waals surface area contributed by atoms with E-state index in [0.717, 1.165) is 70.6 Å². The van der Waals surface area contributed by atoms with Crippen molar-refractivity contribution < 1.29 is 32.9 Å². The van der Waals surface area contributed by atoms with Gasteiger partial charge in [0.2, 0.25) is 5.91 Å². The zero-order chi connectivity index (χ0) is 48.5. The molecule has 0 aromatic heterocycles. The Kier molecular flexibility index (Phi) is 46.9. The number of rotatable bonds is 50. The molecule has 8 nitrogen and oxygen atoms in total. The van der Waals surface area contributed by atoms with Crippen molar-refractivity contribution in [2.24, 2.45) is 0 Å². The van der Waals surface area contributed by atoms with Crippen molar-refractivity contribution in [3.05, 3.63) is 60.8 Å². The van der Waals surface area contributed by atoms with E-state index in [0.29, 0.717) is 23.9 Å². The van der Waals surface area contributed by atoms with Crippen LogP contribution < -0.4 is 10.2 Å². The first-order valence-corrected chi connectivity index (χ1v) is 29.1. The van der Waals surface area contributed by atoms with Gasteiger partial charge in [0.15, 0.2) is 0 Å². The van der Waals surface area contributed by atoms with E-state index in [9.17, 15) is 19.4 Å². The Bertz CT molecular complexity index is 1260. The number of nitrogens with zero attached hydrogens (tertiary/aromatic N) is 1. The van der Waals surface area contributed by atoms with Crippen LogP contribution in [0.4, 0.5) is 0 Å². The second kappa shape index (κ2) is 48.2. The molecule has 0 radical (unpaired) electrons. The van der Waals surface area contributed by atoms with Gasteiger partial charge in [-0.1, -0.05) is 242 Å². The first-order valence-electron chi connectivity index (χ1n) is 27.6. The van der Waals surface area contributed by atoms with Gasteiger partial charge in [0.05, 0.1) is 39.9 Å². The van der Waals surface area contributed by atoms with Gasteiger partial charge in [0, 0.05) is 6.42 Å². The number of amides is 1. The minimum absolute atomic E-state index is 0.0112. The van der Waals surface area contributed by atoms with Gasteiger partial charge >= 0.3 is 0 Å². The number of unbranched alkanes of at least 4 members (excludes halogenated alkanes) is 27. The summed E-state index contributed by atoms with van der Waals surface area (Å²) in [5.41, 5.74) is 0. The van der Waals surface area contributed by atoms with Crippen molar-refractivity contribution in [1.82, 2.24) is 5.32 Å². The number of hydrogen-bond acceptors (Lipinski definition) is 6. The number of carbonyl (C=O) groups excluding carboxylic acids is 1. The Morgan fingerprint density at radius 1 is 0.545 bits per heavy atom. The van der Waals surface area contributed by atoms with Gasteiger partial charge in [-0.2, -0.15) is 0 Å². The second-order valence-corrected chi connectivity index (χ2v) is 21.3. The first-order chi connectivity index (χ1) is 32.0. The summed E-state index contributed by atoms with van der Waals surface area (Å²) in [5, 5.41) is 13.6. The highest BCUT2D eigenvalue weighted by Crippen LogP contribution is 2.38. The van der Waals surface area contributed by atoms with Crippen LogP contribution in [-0.4, -0.2) is 68.5 Å². The fourth-order valence-corrected chi connectivity index (χ4v) is 8.67. The van der Waals surface area contributed by atoms with E-state index < -0.39 is 20.0 Å². The number of allylic oxidation sites excluding steroid dienone is 10. The van der Waals surface area contributed by atoms with E-state index in [4.69, 9.17) is 9.05 Å². The van der Waals surface area contributed by atoms with Crippen LogP contribution in [0, 0.1) is 0 Å². The lowest BCUT2D eigenvalue weighted by Crippen LogP contribution is -2.46. The normalized spacial score (nSPS) is 14.5.